The number of benzene rings is 1. The third-order valence-corrected chi connectivity index (χ3v) is 3.36. The van der Waals surface area contributed by atoms with Gasteiger partial charge in [-0.2, -0.15) is 0 Å². The molecule has 102 valence electrons. The zero-order valence-corrected chi connectivity index (χ0v) is 10.4. The Morgan fingerprint density at radius 1 is 1.10 bits per heavy atom. The standard InChI is InChI=1S/C13H11N3O4/c17-10-6-5-9(11(18)15-10)16-12(19)7-3-1-2-4-8(7)14-13(16)20/h1-4,9H,5-6H2,(H,14,20)(H,15,17,18). The van der Waals surface area contributed by atoms with Gasteiger partial charge in [0, 0.05) is 6.42 Å². The summed E-state index contributed by atoms with van der Waals surface area (Å²) in [6.07, 6.45) is 0.251. The Bertz CT molecular complexity index is 833. The maximum Gasteiger partial charge on any atom is 0.329 e. The highest BCUT2D eigenvalue weighted by Gasteiger charge is 2.30. The first-order chi connectivity index (χ1) is 9.58. The Balaban J connectivity index is 2.22. The molecule has 1 fully saturated rings. The molecule has 1 atom stereocenters. The molecule has 20 heavy (non-hydrogen) atoms. The van der Waals surface area contributed by atoms with Gasteiger partial charge in [-0.1, -0.05) is 12.1 Å². The van der Waals surface area contributed by atoms with Crippen molar-refractivity contribution in [3.05, 3.63) is 45.1 Å². The van der Waals surface area contributed by atoms with Gasteiger partial charge in [-0.3, -0.25) is 19.7 Å². The molecule has 7 nitrogen and oxygen atoms in total. The molecule has 3 rings (SSSR count). The summed E-state index contributed by atoms with van der Waals surface area (Å²) in [7, 11) is 0. The summed E-state index contributed by atoms with van der Waals surface area (Å²) in [4.78, 5) is 49.9. The lowest BCUT2D eigenvalue weighted by atomic mass is 10.1. The minimum atomic E-state index is -0.950. The van der Waals surface area contributed by atoms with Crippen LogP contribution in [0.1, 0.15) is 18.9 Å². The molecule has 0 aliphatic carbocycles. The number of carbonyl (C=O) groups is 2. The Labute approximate surface area is 112 Å². The van der Waals surface area contributed by atoms with E-state index in [1.54, 1.807) is 24.3 Å². The number of H-pyrrole nitrogens is 1. The Morgan fingerprint density at radius 3 is 2.60 bits per heavy atom. The lowest BCUT2D eigenvalue weighted by Crippen LogP contribution is -2.48. The SMILES string of the molecule is O=C1CCC(n2c(=O)[nH]c3ccccc3c2=O)C(=O)N1. The molecule has 2 aromatic rings. The van der Waals surface area contributed by atoms with Crippen LogP contribution in [0.25, 0.3) is 10.9 Å². The maximum absolute atomic E-state index is 12.4. The summed E-state index contributed by atoms with van der Waals surface area (Å²) in [5.41, 5.74) is -0.756. The quantitative estimate of drug-likeness (QED) is 0.694. The minimum absolute atomic E-state index is 0.106. The molecule has 2 heterocycles. The van der Waals surface area contributed by atoms with E-state index < -0.39 is 29.1 Å². The summed E-state index contributed by atoms with van der Waals surface area (Å²) in [5.74, 6) is -1.01. The van der Waals surface area contributed by atoms with Gasteiger partial charge in [0.2, 0.25) is 11.8 Å². The molecular formula is C13H11N3O4. The monoisotopic (exact) mass is 273 g/mol. The fourth-order valence-corrected chi connectivity index (χ4v) is 2.39. The second-order valence-corrected chi connectivity index (χ2v) is 4.62. The number of aromatic nitrogens is 2. The van der Waals surface area contributed by atoms with Crippen molar-refractivity contribution in [1.29, 1.82) is 0 Å². The zero-order chi connectivity index (χ0) is 14.3. The predicted molar refractivity (Wildman–Crippen MR) is 70.2 cm³/mol. The van der Waals surface area contributed by atoms with Crippen molar-refractivity contribution in [2.24, 2.45) is 0 Å². The van der Waals surface area contributed by atoms with Crippen LogP contribution in [0.15, 0.2) is 33.9 Å². The van der Waals surface area contributed by atoms with Crippen molar-refractivity contribution in [2.45, 2.75) is 18.9 Å². The third-order valence-electron chi connectivity index (χ3n) is 3.36. The number of nitrogens with zero attached hydrogens (tertiary/aromatic N) is 1. The second-order valence-electron chi connectivity index (χ2n) is 4.62. The van der Waals surface area contributed by atoms with E-state index in [-0.39, 0.29) is 12.8 Å². The first-order valence-electron chi connectivity index (χ1n) is 6.15. The molecule has 0 spiro atoms. The number of carbonyl (C=O) groups excluding carboxylic acids is 2. The highest BCUT2D eigenvalue weighted by molar-refractivity contribution is 5.99. The van der Waals surface area contributed by atoms with Crippen molar-refractivity contribution in [2.75, 3.05) is 0 Å². The lowest BCUT2D eigenvalue weighted by molar-refractivity contribution is -0.135. The number of fused-ring (bicyclic) bond motifs is 1. The highest BCUT2D eigenvalue weighted by Crippen LogP contribution is 2.15. The third kappa shape index (κ3) is 1.83. The van der Waals surface area contributed by atoms with Gasteiger partial charge in [0.05, 0.1) is 10.9 Å². The maximum atomic E-state index is 12.4. The van der Waals surface area contributed by atoms with Gasteiger partial charge in [0.25, 0.3) is 5.56 Å². The normalized spacial score (nSPS) is 19.1. The van der Waals surface area contributed by atoms with E-state index >= 15 is 0 Å². The molecule has 1 unspecified atom stereocenters. The summed E-state index contributed by atoms with van der Waals surface area (Å²) in [6, 6.07) is 5.63. The molecule has 2 N–H and O–H groups in total. The molecule has 0 saturated carbocycles. The van der Waals surface area contributed by atoms with Crippen molar-refractivity contribution in [3.63, 3.8) is 0 Å². The van der Waals surface area contributed by atoms with Crippen LogP contribution in [0.3, 0.4) is 0 Å². The van der Waals surface area contributed by atoms with Crippen LogP contribution in [0, 0.1) is 0 Å². The number of nitrogens with one attached hydrogen (secondary N) is 2. The first kappa shape index (κ1) is 12.3. The van der Waals surface area contributed by atoms with Gasteiger partial charge in [0.15, 0.2) is 0 Å². The minimum Gasteiger partial charge on any atom is -0.307 e. The van der Waals surface area contributed by atoms with Gasteiger partial charge in [0.1, 0.15) is 6.04 Å². The zero-order valence-electron chi connectivity index (χ0n) is 10.4. The lowest BCUT2D eigenvalue weighted by Gasteiger charge is -2.22. The number of imide groups is 1. The Morgan fingerprint density at radius 2 is 1.85 bits per heavy atom. The summed E-state index contributed by atoms with van der Waals surface area (Å²) in [5, 5.41) is 2.47. The Hall–Kier alpha value is -2.70. The smallest absolute Gasteiger partial charge is 0.307 e. The van der Waals surface area contributed by atoms with E-state index in [4.69, 9.17) is 0 Å². The molecule has 2 amide bonds. The van der Waals surface area contributed by atoms with E-state index in [0.29, 0.717) is 10.9 Å². The van der Waals surface area contributed by atoms with E-state index in [2.05, 4.69) is 10.3 Å². The highest BCUT2D eigenvalue weighted by atomic mass is 16.2. The number of aromatic amines is 1. The first-order valence-corrected chi connectivity index (χ1v) is 6.15. The average molecular weight is 273 g/mol. The molecule has 1 aliphatic rings. The molecule has 1 aliphatic heterocycles. The summed E-state index contributed by atoms with van der Waals surface area (Å²) >= 11 is 0. The van der Waals surface area contributed by atoms with Crippen LogP contribution in [-0.2, 0) is 9.59 Å². The molecule has 0 bridgehead atoms. The molecule has 1 aromatic carbocycles. The van der Waals surface area contributed by atoms with Crippen molar-refractivity contribution in [1.82, 2.24) is 14.9 Å². The molecule has 7 heteroatoms. The average Bonchev–Trinajstić information content (AvgIpc) is 2.41. The van der Waals surface area contributed by atoms with E-state index in [1.165, 1.54) is 0 Å². The number of amides is 2. The molecule has 1 aromatic heterocycles. The summed E-state index contributed by atoms with van der Waals surface area (Å²) < 4.78 is 0.879. The predicted octanol–water partition coefficient (Wildman–Crippen LogP) is -0.332. The fourth-order valence-electron chi connectivity index (χ4n) is 2.39. The topological polar surface area (TPSA) is 101 Å². The van der Waals surface area contributed by atoms with Gasteiger partial charge < -0.3 is 4.98 Å². The number of hydrogen-bond donors (Lipinski definition) is 2. The van der Waals surface area contributed by atoms with E-state index in [9.17, 15) is 19.2 Å². The van der Waals surface area contributed by atoms with Crippen LogP contribution in [0.5, 0.6) is 0 Å². The van der Waals surface area contributed by atoms with Crippen LogP contribution >= 0.6 is 0 Å². The second kappa shape index (κ2) is 4.44. The van der Waals surface area contributed by atoms with Gasteiger partial charge in [-0.25, -0.2) is 9.36 Å². The largest absolute Gasteiger partial charge is 0.329 e. The fraction of sp³-hybridized carbons (Fsp3) is 0.231. The van der Waals surface area contributed by atoms with Crippen LogP contribution < -0.4 is 16.6 Å². The van der Waals surface area contributed by atoms with E-state index in [1.807, 2.05) is 0 Å². The number of piperidine rings is 1. The number of rotatable bonds is 1. The van der Waals surface area contributed by atoms with Crippen molar-refractivity contribution >= 4 is 22.7 Å². The number of hydrogen-bond acceptors (Lipinski definition) is 4. The number of para-hydroxylation sites is 1. The molecular weight excluding hydrogens is 262 g/mol. The Kier molecular flexibility index (Phi) is 2.74. The van der Waals surface area contributed by atoms with Gasteiger partial charge in [-0.05, 0) is 18.6 Å². The van der Waals surface area contributed by atoms with Crippen LogP contribution in [0.4, 0.5) is 0 Å². The molecule has 0 radical (unpaired) electrons. The van der Waals surface area contributed by atoms with Crippen LogP contribution in [-0.4, -0.2) is 21.4 Å². The van der Waals surface area contributed by atoms with Gasteiger partial charge >= 0.3 is 5.69 Å². The van der Waals surface area contributed by atoms with Crippen molar-refractivity contribution < 1.29 is 9.59 Å². The summed E-state index contributed by atoms with van der Waals surface area (Å²) in [6.45, 7) is 0. The van der Waals surface area contributed by atoms with Crippen molar-refractivity contribution in [3.8, 4) is 0 Å². The van der Waals surface area contributed by atoms with Crippen LogP contribution in [0.2, 0.25) is 0 Å². The van der Waals surface area contributed by atoms with Gasteiger partial charge in [-0.15, -0.1) is 0 Å². The van der Waals surface area contributed by atoms with E-state index in [0.717, 1.165) is 4.57 Å². The molecule has 1 saturated heterocycles.